The molecule has 1 amide bonds. The number of nitrogens with zero attached hydrogens (tertiary/aromatic N) is 1. The number of piperidine rings is 1. The van der Waals surface area contributed by atoms with Gasteiger partial charge in [-0.05, 0) is 25.5 Å². The Labute approximate surface area is 126 Å². The number of carbonyl (C=O) groups is 1. The van der Waals surface area contributed by atoms with Crippen LogP contribution in [0.15, 0.2) is 30.3 Å². The topological polar surface area (TPSA) is 64.3 Å². The number of rotatable bonds is 2. The lowest BCUT2D eigenvalue weighted by molar-refractivity contribution is -0.951. The number of hydrogen-bond acceptors (Lipinski definition) is 3. The zero-order valence-corrected chi connectivity index (χ0v) is 12.6. The third kappa shape index (κ3) is 4.10. The summed E-state index contributed by atoms with van der Waals surface area (Å²) in [5.74, 6) is 6.17. The fourth-order valence-corrected chi connectivity index (χ4v) is 2.42. The second-order valence-electron chi connectivity index (χ2n) is 5.39. The second-order valence-corrected chi connectivity index (χ2v) is 5.39. The summed E-state index contributed by atoms with van der Waals surface area (Å²) in [5.41, 5.74) is 0.737. The number of halogens is 1. The summed E-state index contributed by atoms with van der Waals surface area (Å²) in [5, 5.41) is 2.73. The Morgan fingerprint density at radius 3 is 2.70 bits per heavy atom. The van der Waals surface area contributed by atoms with Crippen molar-refractivity contribution in [3.63, 3.8) is 0 Å². The van der Waals surface area contributed by atoms with E-state index in [1.54, 1.807) is 0 Å². The first-order valence-corrected chi connectivity index (χ1v) is 6.65. The molecular weight excluding hydrogens is 278 g/mol. The molecule has 1 aromatic carbocycles. The lowest BCUT2D eigenvalue weighted by Crippen LogP contribution is -3.00. The largest absolute Gasteiger partial charge is 1.00 e. The molecule has 3 atom stereocenters. The summed E-state index contributed by atoms with van der Waals surface area (Å²) >= 11 is 0. The quantitative estimate of drug-likeness (QED) is 0.550. The van der Waals surface area contributed by atoms with E-state index < -0.39 is 6.09 Å². The number of likely N-dealkylation sites (N-methyl/N-ethyl adjacent to an activating group) is 1. The van der Waals surface area contributed by atoms with Crippen molar-refractivity contribution in [2.24, 2.45) is 5.84 Å². The lowest BCUT2D eigenvalue weighted by Gasteiger charge is -2.41. The molecule has 3 unspecified atom stereocenters. The van der Waals surface area contributed by atoms with Crippen LogP contribution in [0, 0.1) is 0 Å². The van der Waals surface area contributed by atoms with Gasteiger partial charge < -0.3 is 17.1 Å². The van der Waals surface area contributed by atoms with E-state index in [4.69, 9.17) is 10.6 Å². The maximum atomic E-state index is 11.9. The van der Waals surface area contributed by atoms with Gasteiger partial charge >= 0.3 is 6.09 Å². The zero-order valence-electron chi connectivity index (χ0n) is 11.9. The van der Waals surface area contributed by atoms with Crippen molar-refractivity contribution in [3.8, 4) is 0 Å². The minimum atomic E-state index is -0.412. The van der Waals surface area contributed by atoms with Crippen molar-refractivity contribution in [1.82, 2.24) is 0 Å². The van der Waals surface area contributed by atoms with Crippen LogP contribution in [0.25, 0.3) is 0 Å². The smallest absolute Gasteiger partial charge is 0.412 e. The van der Waals surface area contributed by atoms with Crippen LogP contribution in [0.4, 0.5) is 10.5 Å². The molecule has 1 saturated heterocycles. The fourth-order valence-electron chi connectivity index (χ4n) is 2.42. The number of hydrogen-bond donors (Lipinski definition) is 2. The molecule has 0 aromatic heterocycles. The minimum Gasteiger partial charge on any atom is -1.00 e. The maximum absolute atomic E-state index is 11.9. The van der Waals surface area contributed by atoms with Crippen molar-refractivity contribution in [1.29, 1.82) is 0 Å². The highest BCUT2D eigenvalue weighted by Gasteiger charge is 2.39. The maximum Gasteiger partial charge on any atom is 0.412 e. The Morgan fingerprint density at radius 2 is 2.05 bits per heavy atom. The Kier molecular flexibility index (Phi) is 5.80. The van der Waals surface area contributed by atoms with Crippen molar-refractivity contribution < 1.29 is 26.5 Å². The van der Waals surface area contributed by atoms with Gasteiger partial charge in [0.1, 0.15) is 6.04 Å². The molecule has 0 bridgehead atoms. The number of quaternary nitrogens is 1. The Morgan fingerprint density at radius 1 is 1.40 bits per heavy atom. The van der Waals surface area contributed by atoms with Crippen molar-refractivity contribution in [3.05, 3.63) is 30.3 Å². The van der Waals surface area contributed by atoms with Crippen molar-refractivity contribution in [2.45, 2.75) is 31.9 Å². The Bertz CT molecular complexity index is 439. The van der Waals surface area contributed by atoms with Crippen LogP contribution >= 0.6 is 0 Å². The van der Waals surface area contributed by atoms with E-state index in [0.29, 0.717) is 4.59 Å². The molecule has 1 aromatic rings. The third-order valence-corrected chi connectivity index (χ3v) is 3.88. The van der Waals surface area contributed by atoms with Crippen LogP contribution in [-0.4, -0.2) is 36.4 Å². The van der Waals surface area contributed by atoms with Gasteiger partial charge in [0.25, 0.3) is 0 Å². The van der Waals surface area contributed by atoms with E-state index in [1.165, 1.54) is 0 Å². The standard InChI is InChI=1S/C14H21N3O2.ClH/c1-11-13(9-6-10-17(11,2)15)19-14(18)16-12-7-4-3-5-8-12;/h3-5,7-8,11,13H,6,9-10,15H2,1-2H3;1H. The van der Waals surface area contributed by atoms with Crippen LogP contribution < -0.4 is 23.6 Å². The SMILES string of the molecule is CC1C(OC(=O)Nc2ccccc2)CCC[N+]1(C)N.[Cl-]. The highest BCUT2D eigenvalue weighted by atomic mass is 35.5. The first kappa shape index (κ1) is 16.8. The molecule has 0 radical (unpaired) electrons. The minimum absolute atomic E-state index is 0. The molecule has 0 saturated carbocycles. The van der Waals surface area contributed by atoms with Crippen LogP contribution in [0.1, 0.15) is 19.8 Å². The van der Waals surface area contributed by atoms with Crippen LogP contribution in [0.2, 0.25) is 0 Å². The number of ether oxygens (including phenoxy) is 1. The molecular formula is C14H22ClN3O2. The Hall–Kier alpha value is -1.30. The van der Waals surface area contributed by atoms with E-state index in [0.717, 1.165) is 25.1 Å². The molecule has 0 aliphatic carbocycles. The molecule has 20 heavy (non-hydrogen) atoms. The summed E-state index contributed by atoms with van der Waals surface area (Å²) in [4.78, 5) is 11.9. The highest BCUT2D eigenvalue weighted by Crippen LogP contribution is 2.23. The summed E-state index contributed by atoms with van der Waals surface area (Å²) in [6.45, 7) is 2.95. The molecule has 1 aliphatic rings. The number of amides is 1. The number of benzene rings is 1. The molecule has 2 rings (SSSR count). The van der Waals surface area contributed by atoms with Crippen molar-refractivity contribution in [2.75, 3.05) is 18.9 Å². The van der Waals surface area contributed by atoms with E-state index in [-0.39, 0.29) is 24.6 Å². The molecule has 3 N–H and O–H groups in total. The summed E-state index contributed by atoms with van der Waals surface area (Å²) in [6, 6.07) is 9.40. The molecule has 0 spiro atoms. The first-order valence-electron chi connectivity index (χ1n) is 6.65. The average molecular weight is 300 g/mol. The number of carbonyl (C=O) groups excluding carboxylic acids is 1. The fraction of sp³-hybridized carbons (Fsp3) is 0.500. The average Bonchev–Trinajstić information content (AvgIpc) is 2.36. The van der Waals surface area contributed by atoms with Crippen LogP contribution in [-0.2, 0) is 4.74 Å². The van der Waals surface area contributed by atoms with E-state index in [9.17, 15) is 4.79 Å². The van der Waals surface area contributed by atoms with E-state index in [2.05, 4.69) is 5.32 Å². The molecule has 5 nitrogen and oxygen atoms in total. The van der Waals surface area contributed by atoms with Gasteiger partial charge in [-0.15, -0.1) is 0 Å². The molecule has 1 fully saturated rings. The van der Waals surface area contributed by atoms with Gasteiger partial charge in [-0.25, -0.2) is 9.39 Å². The van der Waals surface area contributed by atoms with Gasteiger partial charge in [0.05, 0.1) is 13.6 Å². The molecule has 1 heterocycles. The van der Waals surface area contributed by atoms with Crippen molar-refractivity contribution >= 4 is 11.8 Å². The van der Waals surface area contributed by atoms with Gasteiger partial charge in [0, 0.05) is 12.1 Å². The van der Waals surface area contributed by atoms with E-state index >= 15 is 0 Å². The second kappa shape index (κ2) is 6.92. The summed E-state index contributed by atoms with van der Waals surface area (Å²) in [6.07, 6.45) is 1.30. The van der Waals surface area contributed by atoms with Gasteiger partial charge in [0.15, 0.2) is 6.10 Å². The third-order valence-electron chi connectivity index (χ3n) is 3.88. The normalized spacial score (nSPS) is 29.1. The number of likely N-dealkylation sites (tertiary alicyclic amines) is 1. The summed E-state index contributed by atoms with van der Waals surface area (Å²) in [7, 11) is 1.97. The molecule has 1 aliphatic heterocycles. The number of para-hydroxylation sites is 1. The first-order chi connectivity index (χ1) is 8.99. The Balaban J connectivity index is 0.00000200. The highest BCUT2D eigenvalue weighted by molar-refractivity contribution is 5.84. The van der Waals surface area contributed by atoms with E-state index in [1.807, 2.05) is 44.3 Å². The summed E-state index contributed by atoms with van der Waals surface area (Å²) < 4.78 is 5.90. The number of nitrogens with two attached hydrogens (primary N) is 1. The van der Waals surface area contributed by atoms with Crippen LogP contribution in [0.5, 0.6) is 0 Å². The number of nitrogens with one attached hydrogen (secondary N) is 1. The van der Waals surface area contributed by atoms with Gasteiger partial charge in [-0.3, -0.25) is 5.32 Å². The predicted molar refractivity (Wildman–Crippen MR) is 74.3 cm³/mol. The van der Waals surface area contributed by atoms with Gasteiger partial charge in [-0.2, -0.15) is 5.84 Å². The monoisotopic (exact) mass is 299 g/mol. The molecule has 6 heteroatoms. The zero-order chi connectivity index (χ0) is 13.9. The van der Waals surface area contributed by atoms with Gasteiger partial charge in [0.2, 0.25) is 0 Å². The molecule has 112 valence electrons. The van der Waals surface area contributed by atoms with Crippen LogP contribution in [0.3, 0.4) is 0 Å². The van der Waals surface area contributed by atoms with Gasteiger partial charge in [-0.1, -0.05) is 18.2 Å². The number of anilines is 1. The lowest BCUT2D eigenvalue weighted by atomic mass is 10.00. The predicted octanol–water partition coefficient (Wildman–Crippen LogP) is -0.890.